The van der Waals surface area contributed by atoms with Crippen LogP contribution in [0.4, 0.5) is 0 Å². The first kappa shape index (κ1) is 15.3. The molecule has 1 amide bonds. The molecule has 0 aromatic heterocycles. The third-order valence-corrected chi connectivity index (χ3v) is 4.37. The highest BCUT2D eigenvalue weighted by molar-refractivity contribution is 6.05. The lowest BCUT2D eigenvalue weighted by Gasteiger charge is -2.39. The van der Waals surface area contributed by atoms with E-state index in [-0.39, 0.29) is 17.9 Å². The lowest BCUT2D eigenvalue weighted by molar-refractivity contribution is -0.154. The molecular weight excluding hydrogens is 294 g/mol. The zero-order chi connectivity index (χ0) is 16.4. The SMILES string of the molecule is CCOC(=O)C1(NC(=O)c2ccc3ccccc3c2O)CCC1. The van der Waals surface area contributed by atoms with Crippen molar-refractivity contribution in [1.29, 1.82) is 0 Å². The highest BCUT2D eigenvalue weighted by Crippen LogP contribution is 2.35. The van der Waals surface area contributed by atoms with Gasteiger partial charge in [0.1, 0.15) is 11.3 Å². The Morgan fingerprint density at radius 1 is 1.22 bits per heavy atom. The number of hydrogen-bond donors (Lipinski definition) is 2. The Kier molecular flexibility index (Phi) is 3.94. The summed E-state index contributed by atoms with van der Waals surface area (Å²) in [7, 11) is 0. The molecule has 0 heterocycles. The first-order chi connectivity index (χ1) is 11.1. The summed E-state index contributed by atoms with van der Waals surface area (Å²) in [5.41, 5.74) is -0.787. The Hall–Kier alpha value is -2.56. The fraction of sp³-hybridized carbons (Fsp3) is 0.333. The molecule has 1 saturated carbocycles. The van der Waals surface area contributed by atoms with Gasteiger partial charge in [-0.25, -0.2) is 4.79 Å². The standard InChI is InChI=1S/C18H19NO4/c1-2-23-17(22)18(10-5-11-18)19-16(21)14-9-8-12-6-3-4-7-13(12)15(14)20/h3-4,6-9,20H,2,5,10-11H2,1H3,(H,19,21). The number of aromatic hydroxyl groups is 1. The highest BCUT2D eigenvalue weighted by Gasteiger charge is 2.47. The minimum atomic E-state index is -0.953. The molecule has 5 nitrogen and oxygen atoms in total. The van der Waals surface area contributed by atoms with Crippen molar-refractivity contribution in [3.8, 4) is 5.75 Å². The quantitative estimate of drug-likeness (QED) is 0.851. The van der Waals surface area contributed by atoms with E-state index in [4.69, 9.17) is 4.74 Å². The number of amides is 1. The number of phenols is 1. The maximum absolute atomic E-state index is 12.5. The van der Waals surface area contributed by atoms with E-state index >= 15 is 0 Å². The van der Waals surface area contributed by atoms with Gasteiger partial charge in [-0.05, 0) is 37.6 Å². The van der Waals surface area contributed by atoms with Gasteiger partial charge >= 0.3 is 5.97 Å². The van der Waals surface area contributed by atoms with Crippen LogP contribution < -0.4 is 5.32 Å². The molecule has 0 saturated heterocycles. The van der Waals surface area contributed by atoms with Crippen LogP contribution in [0.25, 0.3) is 10.8 Å². The summed E-state index contributed by atoms with van der Waals surface area (Å²) in [5, 5.41) is 14.6. The number of phenolic OH excluding ortho intramolecular Hbond substituents is 1. The number of rotatable bonds is 4. The van der Waals surface area contributed by atoms with Gasteiger partial charge in [0.25, 0.3) is 5.91 Å². The van der Waals surface area contributed by atoms with Crippen molar-refractivity contribution in [3.63, 3.8) is 0 Å². The Bertz CT molecular complexity index is 765. The fourth-order valence-electron chi connectivity index (χ4n) is 2.90. The molecular formula is C18H19NO4. The number of fused-ring (bicyclic) bond motifs is 1. The molecule has 0 bridgehead atoms. The van der Waals surface area contributed by atoms with Gasteiger partial charge in [-0.1, -0.05) is 30.3 Å². The molecule has 2 N–H and O–H groups in total. The van der Waals surface area contributed by atoms with Gasteiger partial charge in [0.2, 0.25) is 0 Å². The molecule has 0 aliphatic heterocycles. The number of hydrogen-bond acceptors (Lipinski definition) is 4. The molecule has 3 rings (SSSR count). The Morgan fingerprint density at radius 3 is 2.61 bits per heavy atom. The van der Waals surface area contributed by atoms with Crippen molar-refractivity contribution >= 4 is 22.6 Å². The second-order valence-corrected chi connectivity index (χ2v) is 5.79. The molecule has 120 valence electrons. The van der Waals surface area contributed by atoms with E-state index in [0.717, 1.165) is 11.8 Å². The second kappa shape index (κ2) is 5.91. The van der Waals surface area contributed by atoms with Crippen LogP contribution in [0.3, 0.4) is 0 Å². The van der Waals surface area contributed by atoms with Gasteiger partial charge in [-0.15, -0.1) is 0 Å². The Morgan fingerprint density at radius 2 is 1.96 bits per heavy atom. The molecule has 1 aliphatic carbocycles. The molecule has 1 fully saturated rings. The van der Waals surface area contributed by atoms with Gasteiger partial charge < -0.3 is 15.2 Å². The molecule has 0 radical (unpaired) electrons. The van der Waals surface area contributed by atoms with Crippen LogP contribution in [-0.2, 0) is 9.53 Å². The second-order valence-electron chi connectivity index (χ2n) is 5.79. The largest absolute Gasteiger partial charge is 0.506 e. The van der Waals surface area contributed by atoms with Crippen molar-refractivity contribution in [2.75, 3.05) is 6.61 Å². The van der Waals surface area contributed by atoms with E-state index in [1.54, 1.807) is 31.2 Å². The summed E-state index contributed by atoms with van der Waals surface area (Å²) in [4.78, 5) is 24.7. The average Bonchev–Trinajstić information content (AvgIpc) is 2.51. The van der Waals surface area contributed by atoms with Crippen molar-refractivity contribution in [3.05, 3.63) is 42.0 Å². The van der Waals surface area contributed by atoms with Crippen LogP contribution >= 0.6 is 0 Å². The molecule has 2 aromatic carbocycles. The zero-order valence-electron chi connectivity index (χ0n) is 13.0. The van der Waals surface area contributed by atoms with Crippen LogP contribution in [0.2, 0.25) is 0 Å². The molecule has 5 heteroatoms. The highest BCUT2D eigenvalue weighted by atomic mass is 16.5. The molecule has 0 atom stereocenters. The molecule has 2 aromatic rings. The third-order valence-electron chi connectivity index (χ3n) is 4.37. The smallest absolute Gasteiger partial charge is 0.331 e. The number of carbonyl (C=O) groups excluding carboxylic acids is 2. The van der Waals surface area contributed by atoms with Crippen LogP contribution in [0, 0.1) is 0 Å². The normalized spacial score (nSPS) is 15.7. The van der Waals surface area contributed by atoms with Crippen LogP contribution in [0.5, 0.6) is 5.75 Å². The number of ether oxygens (including phenoxy) is 1. The Balaban J connectivity index is 1.89. The molecule has 0 spiro atoms. The van der Waals surface area contributed by atoms with Gasteiger partial charge in [0.05, 0.1) is 12.2 Å². The lowest BCUT2D eigenvalue weighted by atomic mass is 9.76. The van der Waals surface area contributed by atoms with Gasteiger partial charge in [0.15, 0.2) is 0 Å². The van der Waals surface area contributed by atoms with E-state index in [1.165, 1.54) is 0 Å². The van der Waals surface area contributed by atoms with E-state index in [9.17, 15) is 14.7 Å². The lowest BCUT2D eigenvalue weighted by Crippen LogP contribution is -2.59. The number of carbonyl (C=O) groups is 2. The number of nitrogens with one attached hydrogen (secondary N) is 1. The predicted molar refractivity (Wildman–Crippen MR) is 86.3 cm³/mol. The van der Waals surface area contributed by atoms with Crippen molar-refractivity contribution < 1.29 is 19.4 Å². The van der Waals surface area contributed by atoms with Crippen molar-refractivity contribution in [2.45, 2.75) is 31.7 Å². The minimum absolute atomic E-state index is 0.0704. The summed E-state index contributed by atoms with van der Waals surface area (Å²) >= 11 is 0. The maximum Gasteiger partial charge on any atom is 0.331 e. The fourth-order valence-corrected chi connectivity index (χ4v) is 2.90. The van der Waals surface area contributed by atoms with Gasteiger partial charge in [0, 0.05) is 5.39 Å². The van der Waals surface area contributed by atoms with Crippen LogP contribution in [0.1, 0.15) is 36.5 Å². The summed E-state index contributed by atoms with van der Waals surface area (Å²) in [6.07, 6.45) is 1.99. The monoisotopic (exact) mass is 313 g/mol. The van der Waals surface area contributed by atoms with E-state index < -0.39 is 17.4 Å². The molecule has 23 heavy (non-hydrogen) atoms. The van der Waals surface area contributed by atoms with Gasteiger partial charge in [-0.3, -0.25) is 4.79 Å². The predicted octanol–water partition coefficient (Wildman–Crippen LogP) is 2.76. The van der Waals surface area contributed by atoms with E-state index in [2.05, 4.69) is 5.32 Å². The van der Waals surface area contributed by atoms with Crippen LogP contribution in [0.15, 0.2) is 36.4 Å². The van der Waals surface area contributed by atoms with E-state index in [1.807, 2.05) is 12.1 Å². The number of esters is 1. The van der Waals surface area contributed by atoms with Crippen molar-refractivity contribution in [2.24, 2.45) is 0 Å². The zero-order valence-corrected chi connectivity index (χ0v) is 13.0. The first-order valence-electron chi connectivity index (χ1n) is 7.78. The summed E-state index contributed by atoms with van der Waals surface area (Å²) in [6.45, 7) is 2.01. The minimum Gasteiger partial charge on any atom is -0.506 e. The maximum atomic E-state index is 12.5. The topological polar surface area (TPSA) is 75.6 Å². The molecule has 1 aliphatic rings. The first-order valence-corrected chi connectivity index (χ1v) is 7.78. The summed E-state index contributed by atoms with van der Waals surface area (Å²) in [5.74, 6) is -0.931. The molecule has 0 unspecified atom stereocenters. The van der Waals surface area contributed by atoms with E-state index in [0.29, 0.717) is 18.2 Å². The Labute approximate surface area is 134 Å². The van der Waals surface area contributed by atoms with Crippen molar-refractivity contribution in [1.82, 2.24) is 5.32 Å². The third kappa shape index (κ3) is 2.63. The number of benzene rings is 2. The van der Waals surface area contributed by atoms with Gasteiger partial charge in [-0.2, -0.15) is 0 Å². The summed E-state index contributed by atoms with van der Waals surface area (Å²) < 4.78 is 5.07. The average molecular weight is 313 g/mol. The summed E-state index contributed by atoms with van der Waals surface area (Å²) in [6, 6.07) is 10.6. The van der Waals surface area contributed by atoms with Crippen LogP contribution in [-0.4, -0.2) is 29.1 Å².